The van der Waals surface area contributed by atoms with E-state index in [-0.39, 0.29) is 5.91 Å². The largest absolute Gasteiger partial charge is 0.480 e. The van der Waals surface area contributed by atoms with E-state index in [4.69, 9.17) is 9.84 Å². The van der Waals surface area contributed by atoms with E-state index in [1.807, 2.05) is 6.92 Å². The van der Waals surface area contributed by atoms with Crippen LogP contribution in [0.3, 0.4) is 0 Å². The number of carboxylic acid groups (broad SMARTS) is 1. The number of likely N-dealkylation sites (tertiary alicyclic amines) is 1. The Bertz CT molecular complexity index is 299. The van der Waals surface area contributed by atoms with Crippen LogP contribution in [0, 0.1) is 0 Å². The number of rotatable bonds is 4. The zero-order valence-electron chi connectivity index (χ0n) is 10.7. The summed E-state index contributed by atoms with van der Waals surface area (Å²) in [4.78, 5) is 24.9. The van der Waals surface area contributed by atoms with Gasteiger partial charge in [0.05, 0.1) is 0 Å². The highest BCUT2D eigenvalue weighted by Gasteiger charge is 2.41. The molecular formula is C12H21NO4. The Labute approximate surface area is 102 Å². The molecule has 1 saturated heterocycles. The molecule has 0 aromatic heterocycles. The molecule has 2 atom stereocenters. The summed E-state index contributed by atoms with van der Waals surface area (Å²) >= 11 is 0. The van der Waals surface area contributed by atoms with Crippen LogP contribution in [0.1, 0.15) is 39.5 Å². The van der Waals surface area contributed by atoms with Crippen molar-refractivity contribution < 1.29 is 19.4 Å². The van der Waals surface area contributed by atoms with Crippen LogP contribution in [-0.4, -0.2) is 47.2 Å². The number of ether oxygens (including phenoxy) is 1. The van der Waals surface area contributed by atoms with Crippen molar-refractivity contribution in [3.8, 4) is 0 Å². The van der Waals surface area contributed by atoms with Crippen LogP contribution in [0.15, 0.2) is 0 Å². The maximum Gasteiger partial charge on any atom is 0.326 e. The number of carboxylic acids is 1. The van der Waals surface area contributed by atoms with Gasteiger partial charge in [0.2, 0.25) is 0 Å². The highest BCUT2D eigenvalue weighted by molar-refractivity contribution is 5.89. The van der Waals surface area contributed by atoms with Gasteiger partial charge in [-0.1, -0.05) is 6.92 Å². The first-order valence-electron chi connectivity index (χ1n) is 6.05. The Morgan fingerprint density at radius 1 is 1.47 bits per heavy atom. The number of methoxy groups -OCH3 is 1. The molecule has 1 N–H and O–H groups in total. The molecule has 0 bridgehead atoms. The normalized spacial score (nSPS) is 24.2. The Morgan fingerprint density at radius 2 is 2.12 bits per heavy atom. The van der Waals surface area contributed by atoms with Gasteiger partial charge in [-0.2, -0.15) is 0 Å². The van der Waals surface area contributed by atoms with Crippen molar-refractivity contribution in [3.05, 3.63) is 0 Å². The van der Waals surface area contributed by atoms with E-state index < -0.39 is 17.6 Å². The van der Waals surface area contributed by atoms with E-state index in [1.165, 1.54) is 12.0 Å². The lowest BCUT2D eigenvalue weighted by atomic mass is 9.96. The fourth-order valence-electron chi connectivity index (χ4n) is 2.12. The van der Waals surface area contributed by atoms with E-state index in [1.54, 1.807) is 6.92 Å². The van der Waals surface area contributed by atoms with E-state index in [9.17, 15) is 9.59 Å². The van der Waals surface area contributed by atoms with Crippen molar-refractivity contribution in [2.24, 2.45) is 0 Å². The molecule has 2 unspecified atom stereocenters. The number of aliphatic carboxylic acids is 1. The summed E-state index contributed by atoms with van der Waals surface area (Å²) in [5.41, 5.74) is -0.912. The zero-order chi connectivity index (χ0) is 13.1. The van der Waals surface area contributed by atoms with Gasteiger partial charge in [0.25, 0.3) is 5.91 Å². The average molecular weight is 243 g/mol. The molecule has 5 nitrogen and oxygen atoms in total. The van der Waals surface area contributed by atoms with E-state index in [0.29, 0.717) is 19.4 Å². The second kappa shape index (κ2) is 5.49. The molecule has 0 aromatic rings. The van der Waals surface area contributed by atoms with Gasteiger partial charge in [-0.25, -0.2) is 4.79 Å². The minimum atomic E-state index is -0.924. The van der Waals surface area contributed by atoms with Crippen LogP contribution in [0.5, 0.6) is 0 Å². The van der Waals surface area contributed by atoms with Crippen LogP contribution >= 0.6 is 0 Å². The molecule has 1 heterocycles. The summed E-state index contributed by atoms with van der Waals surface area (Å²) in [6.45, 7) is 4.08. The third kappa shape index (κ3) is 2.77. The smallest absolute Gasteiger partial charge is 0.326 e. The summed E-state index contributed by atoms with van der Waals surface area (Å²) < 4.78 is 5.25. The van der Waals surface area contributed by atoms with Gasteiger partial charge in [-0.05, 0) is 32.6 Å². The van der Waals surface area contributed by atoms with Crippen molar-refractivity contribution in [3.63, 3.8) is 0 Å². The number of hydrogen-bond donors (Lipinski definition) is 1. The number of nitrogens with zero attached hydrogens (tertiary/aromatic N) is 1. The molecule has 1 fully saturated rings. The monoisotopic (exact) mass is 243 g/mol. The Morgan fingerprint density at radius 3 is 2.59 bits per heavy atom. The lowest BCUT2D eigenvalue weighted by Crippen LogP contribution is -2.55. The Hall–Kier alpha value is -1.10. The summed E-state index contributed by atoms with van der Waals surface area (Å²) in [6.07, 6.45) is 2.78. The zero-order valence-corrected chi connectivity index (χ0v) is 10.7. The van der Waals surface area contributed by atoms with Gasteiger partial charge in [0.1, 0.15) is 11.6 Å². The average Bonchev–Trinajstić information content (AvgIpc) is 2.36. The fraction of sp³-hybridized carbons (Fsp3) is 0.833. The van der Waals surface area contributed by atoms with E-state index in [0.717, 1.165) is 12.8 Å². The molecule has 0 aromatic carbocycles. The number of carbonyl (C=O) groups is 2. The molecule has 0 saturated carbocycles. The summed E-state index contributed by atoms with van der Waals surface area (Å²) in [6, 6.07) is -0.697. The summed E-state index contributed by atoms with van der Waals surface area (Å²) in [5.74, 6) is -1.14. The van der Waals surface area contributed by atoms with E-state index in [2.05, 4.69) is 0 Å². The SMILES string of the molecule is CCC(C)(OC)C(=O)N1CCCCC1C(=O)O. The molecule has 1 rings (SSSR count). The predicted octanol–water partition coefficient (Wildman–Crippen LogP) is 1.27. The maximum absolute atomic E-state index is 12.3. The number of carbonyl (C=O) groups excluding carboxylic acids is 1. The lowest BCUT2D eigenvalue weighted by molar-refractivity contribution is -0.164. The second-order valence-electron chi connectivity index (χ2n) is 4.64. The van der Waals surface area contributed by atoms with Crippen molar-refractivity contribution >= 4 is 11.9 Å². The first kappa shape index (κ1) is 14.0. The van der Waals surface area contributed by atoms with Crippen molar-refractivity contribution in [1.29, 1.82) is 0 Å². The topological polar surface area (TPSA) is 66.8 Å². The lowest BCUT2D eigenvalue weighted by Gasteiger charge is -2.38. The predicted molar refractivity (Wildman–Crippen MR) is 62.7 cm³/mol. The van der Waals surface area contributed by atoms with Crippen LogP contribution in [0.4, 0.5) is 0 Å². The Balaban J connectivity index is 2.88. The molecule has 1 aliphatic heterocycles. The van der Waals surface area contributed by atoms with Gasteiger partial charge in [-0.15, -0.1) is 0 Å². The minimum Gasteiger partial charge on any atom is -0.480 e. The van der Waals surface area contributed by atoms with Crippen molar-refractivity contribution in [2.75, 3.05) is 13.7 Å². The Kier molecular flexibility index (Phi) is 4.51. The standard InChI is InChI=1S/C12H21NO4/c1-4-12(2,17-3)11(16)13-8-6-5-7-9(13)10(14)15/h9H,4-8H2,1-3H3,(H,14,15). The third-order valence-corrected chi connectivity index (χ3v) is 3.63. The fourth-order valence-corrected chi connectivity index (χ4v) is 2.12. The molecule has 0 radical (unpaired) electrons. The highest BCUT2D eigenvalue weighted by Crippen LogP contribution is 2.24. The molecule has 17 heavy (non-hydrogen) atoms. The van der Waals surface area contributed by atoms with Gasteiger partial charge >= 0.3 is 5.97 Å². The number of piperidine rings is 1. The van der Waals surface area contributed by atoms with Crippen molar-refractivity contribution in [1.82, 2.24) is 4.90 Å². The number of hydrogen-bond acceptors (Lipinski definition) is 3. The minimum absolute atomic E-state index is 0.213. The molecule has 98 valence electrons. The van der Waals surface area contributed by atoms with Crippen LogP contribution in [-0.2, 0) is 14.3 Å². The van der Waals surface area contributed by atoms with Gasteiger partial charge < -0.3 is 14.7 Å². The van der Waals surface area contributed by atoms with Gasteiger partial charge in [0, 0.05) is 13.7 Å². The van der Waals surface area contributed by atoms with Crippen LogP contribution < -0.4 is 0 Å². The molecule has 0 spiro atoms. The first-order chi connectivity index (χ1) is 7.96. The van der Waals surface area contributed by atoms with Crippen LogP contribution in [0.25, 0.3) is 0 Å². The van der Waals surface area contributed by atoms with Gasteiger partial charge in [0.15, 0.2) is 0 Å². The molecule has 0 aliphatic carbocycles. The van der Waals surface area contributed by atoms with Crippen molar-refractivity contribution in [2.45, 2.75) is 51.2 Å². The van der Waals surface area contributed by atoms with Gasteiger partial charge in [-0.3, -0.25) is 4.79 Å². The van der Waals surface area contributed by atoms with Crippen LogP contribution in [0.2, 0.25) is 0 Å². The quantitative estimate of drug-likeness (QED) is 0.807. The maximum atomic E-state index is 12.3. The van der Waals surface area contributed by atoms with E-state index >= 15 is 0 Å². The molecule has 1 aliphatic rings. The first-order valence-corrected chi connectivity index (χ1v) is 6.05. The highest BCUT2D eigenvalue weighted by atomic mass is 16.5. The molecule has 5 heteroatoms. The molecular weight excluding hydrogens is 222 g/mol. The summed E-state index contributed by atoms with van der Waals surface area (Å²) in [5, 5.41) is 9.13. The number of amides is 1. The molecule has 1 amide bonds. The third-order valence-electron chi connectivity index (χ3n) is 3.63. The second-order valence-corrected chi connectivity index (χ2v) is 4.64. The summed E-state index contributed by atoms with van der Waals surface area (Å²) in [7, 11) is 1.49.